The highest BCUT2D eigenvalue weighted by molar-refractivity contribution is 8.01. The van der Waals surface area contributed by atoms with Gasteiger partial charge in [-0.05, 0) is 57.0 Å². The van der Waals surface area contributed by atoms with E-state index in [1.807, 2.05) is 24.3 Å². The van der Waals surface area contributed by atoms with Gasteiger partial charge >= 0.3 is 0 Å². The minimum absolute atomic E-state index is 0.0558. The summed E-state index contributed by atoms with van der Waals surface area (Å²) < 4.78 is 6.17. The Hall–Kier alpha value is -1.57. The van der Waals surface area contributed by atoms with E-state index >= 15 is 0 Å². The Labute approximate surface area is 162 Å². The minimum Gasteiger partial charge on any atom is -0.481 e. The number of rotatable bonds is 5. The molecule has 7 heteroatoms. The minimum atomic E-state index is 0.0558. The number of nitrogens with one attached hydrogen (secondary N) is 1. The fraction of sp³-hybridized carbons (Fsp3) is 0.474. The highest BCUT2D eigenvalue weighted by atomic mass is 32.2. The van der Waals surface area contributed by atoms with Crippen molar-refractivity contribution in [1.29, 1.82) is 0 Å². The van der Waals surface area contributed by atoms with Crippen molar-refractivity contribution in [3.05, 3.63) is 35.3 Å². The molecule has 3 fully saturated rings. The van der Waals surface area contributed by atoms with E-state index in [9.17, 15) is 4.79 Å². The zero-order valence-electron chi connectivity index (χ0n) is 15.0. The Morgan fingerprint density at radius 2 is 2.12 bits per heavy atom. The van der Waals surface area contributed by atoms with E-state index in [2.05, 4.69) is 22.1 Å². The van der Waals surface area contributed by atoms with Gasteiger partial charge in [0.15, 0.2) is 0 Å². The summed E-state index contributed by atoms with van der Waals surface area (Å²) in [5.74, 6) is 1.28. The first-order chi connectivity index (χ1) is 12.6. The molecule has 1 amide bonds. The molecule has 0 spiro atoms. The summed E-state index contributed by atoms with van der Waals surface area (Å²) in [6.45, 7) is 4.59. The molecule has 0 aromatic carbocycles. The molecule has 2 aromatic rings. The lowest BCUT2D eigenvalue weighted by atomic mass is 9.79. The molecule has 3 aliphatic rings. The lowest BCUT2D eigenvalue weighted by molar-refractivity contribution is 0.0218. The second-order valence-corrected chi connectivity index (χ2v) is 9.33. The molecule has 5 nitrogen and oxygen atoms in total. The Bertz CT molecular complexity index is 767. The highest BCUT2D eigenvalue weighted by Crippen LogP contribution is 2.35. The van der Waals surface area contributed by atoms with Gasteiger partial charge in [-0.3, -0.25) is 9.69 Å². The second kappa shape index (κ2) is 7.58. The van der Waals surface area contributed by atoms with Crippen LogP contribution in [-0.4, -0.2) is 48.1 Å². The van der Waals surface area contributed by atoms with Gasteiger partial charge in [0, 0.05) is 29.2 Å². The average molecular weight is 390 g/mol. The third kappa shape index (κ3) is 3.61. The fourth-order valence-electron chi connectivity index (χ4n) is 3.93. The van der Waals surface area contributed by atoms with Gasteiger partial charge < -0.3 is 10.1 Å². The number of aromatic nitrogens is 1. The van der Waals surface area contributed by atoms with E-state index in [0.29, 0.717) is 17.8 Å². The first kappa shape index (κ1) is 17.8. The number of methoxy groups -OCH3 is 1. The Morgan fingerprint density at radius 1 is 1.31 bits per heavy atom. The zero-order chi connectivity index (χ0) is 18.1. The first-order valence-corrected chi connectivity index (χ1v) is 10.6. The standard InChI is InChI=1S/C19H23N3O2S2/c1-12-18(13-7-9-22(12)10-8-13)21-19(23)15-4-6-17(26-15)25-14-3-5-16(24-2)20-11-14/h3-6,11-13,18H,7-10H2,1-2H3,(H,21,23). The number of carbonyl (C=O) groups excluding carboxylic acids is 1. The van der Waals surface area contributed by atoms with Crippen LogP contribution < -0.4 is 10.1 Å². The first-order valence-electron chi connectivity index (χ1n) is 8.96. The predicted molar refractivity (Wildman–Crippen MR) is 104 cm³/mol. The number of piperidine rings is 3. The molecule has 0 saturated carbocycles. The summed E-state index contributed by atoms with van der Waals surface area (Å²) in [6, 6.07) is 8.46. The van der Waals surface area contributed by atoms with Gasteiger partial charge in [0.25, 0.3) is 5.91 Å². The summed E-state index contributed by atoms with van der Waals surface area (Å²) in [5.41, 5.74) is 0. The second-order valence-electron chi connectivity index (χ2n) is 6.87. The molecule has 0 aliphatic carbocycles. The smallest absolute Gasteiger partial charge is 0.261 e. The number of amides is 1. The molecule has 26 heavy (non-hydrogen) atoms. The van der Waals surface area contributed by atoms with Crippen LogP contribution in [0.4, 0.5) is 0 Å². The molecule has 5 heterocycles. The van der Waals surface area contributed by atoms with Crippen LogP contribution in [0.25, 0.3) is 0 Å². The lowest BCUT2D eigenvalue weighted by Gasteiger charge is -2.49. The van der Waals surface area contributed by atoms with Gasteiger partial charge in [0.1, 0.15) is 0 Å². The number of thiophene rings is 1. The number of carbonyl (C=O) groups is 1. The van der Waals surface area contributed by atoms with Gasteiger partial charge in [-0.1, -0.05) is 11.8 Å². The quantitative estimate of drug-likeness (QED) is 0.848. The van der Waals surface area contributed by atoms with Crippen molar-refractivity contribution in [1.82, 2.24) is 15.2 Å². The molecule has 2 unspecified atom stereocenters. The number of hydrogen-bond donors (Lipinski definition) is 1. The Morgan fingerprint density at radius 3 is 2.77 bits per heavy atom. The SMILES string of the molecule is COc1ccc(Sc2ccc(C(=O)NC3C4CCN(CC4)C3C)s2)cn1. The molecule has 0 radical (unpaired) electrons. The van der Waals surface area contributed by atoms with E-state index in [-0.39, 0.29) is 11.9 Å². The third-order valence-electron chi connectivity index (χ3n) is 5.42. The molecule has 2 aromatic heterocycles. The van der Waals surface area contributed by atoms with Crippen LogP contribution in [0, 0.1) is 5.92 Å². The molecule has 1 N–H and O–H groups in total. The van der Waals surface area contributed by atoms with E-state index in [4.69, 9.17) is 4.74 Å². The van der Waals surface area contributed by atoms with Crippen molar-refractivity contribution in [2.45, 2.75) is 41.0 Å². The highest BCUT2D eigenvalue weighted by Gasteiger charge is 2.40. The summed E-state index contributed by atoms with van der Waals surface area (Å²) in [7, 11) is 1.61. The van der Waals surface area contributed by atoms with Gasteiger partial charge in [0.2, 0.25) is 5.88 Å². The molecular weight excluding hydrogens is 366 g/mol. The van der Waals surface area contributed by atoms with E-state index < -0.39 is 0 Å². The van der Waals surface area contributed by atoms with Crippen molar-refractivity contribution >= 4 is 29.0 Å². The molecule has 2 atom stereocenters. The number of hydrogen-bond acceptors (Lipinski definition) is 6. The number of nitrogens with zero attached hydrogens (tertiary/aromatic N) is 2. The van der Waals surface area contributed by atoms with Crippen LogP contribution in [0.5, 0.6) is 5.88 Å². The van der Waals surface area contributed by atoms with Crippen LogP contribution in [0.3, 0.4) is 0 Å². The zero-order valence-corrected chi connectivity index (χ0v) is 16.6. The largest absolute Gasteiger partial charge is 0.481 e. The maximum absolute atomic E-state index is 12.7. The van der Waals surface area contributed by atoms with Crippen molar-refractivity contribution < 1.29 is 9.53 Å². The maximum atomic E-state index is 12.7. The lowest BCUT2D eigenvalue weighted by Crippen LogP contribution is -2.62. The van der Waals surface area contributed by atoms with Crippen molar-refractivity contribution in [2.75, 3.05) is 20.2 Å². The Kier molecular flexibility index (Phi) is 5.20. The van der Waals surface area contributed by atoms with Crippen LogP contribution in [0.15, 0.2) is 39.6 Å². The molecular formula is C19H23N3O2S2. The maximum Gasteiger partial charge on any atom is 0.261 e. The molecule has 3 aliphatic heterocycles. The van der Waals surface area contributed by atoms with Crippen LogP contribution in [-0.2, 0) is 0 Å². The number of fused-ring (bicyclic) bond motifs is 3. The van der Waals surface area contributed by atoms with Gasteiger partial charge in [-0.25, -0.2) is 4.98 Å². The summed E-state index contributed by atoms with van der Waals surface area (Å²) >= 11 is 3.15. The van der Waals surface area contributed by atoms with Crippen LogP contribution >= 0.6 is 23.1 Å². The summed E-state index contributed by atoms with van der Waals surface area (Å²) in [5, 5.41) is 3.30. The van der Waals surface area contributed by atoms with Crippen LogP contribution in [0.1, 0.15) is 29.4 Å². The van der Waals surface area contributed by atoms with Gasteiger partial charge in [-0.2, -0.15) is 0 Å². The molecule has 2 bridgehead atoms. The third-order valence-corrected chi connectivity index (χ3v) is 7.61. The summed E-state index contributed by atoms with van der Waals surface area (Å²) in [6.07, 6.45) is 4.19. The molecule has 138 valence electrons. The number of pyridine rings is 1. The van der Waals surface area contributed by atoms with Crippen molar-refractivity contribution in [2.24, 2.45) is 5.92 Å². The molecule has 5 rings (SSSR count). The van der Waals surface area contributed by atoms with Gasteiger partial charge in [-0.15, -0.1) is 11.3 Å². The molecule has 3 saturated heterocycles. The normalized spacial score (nSPS) is 27.3. The number of ether oxygens (including phenoxy) is 1. The summed E-state index contributed by atoms with van der Waals surface area (Å²) in [4.78, 5) is 21.3. The van der Waals surface area contributed by atoms with Crippen LogP contribution in [0.2, 0.25) is 0 Å². The van der Waals surface area contributed by atoms with Crippen molar-refractivity contribution in [3.8, 4) is 5.88 Å². The monoisotopic (exact) mass is 389 g/mol. The van der Waals surface area contributed by atoms with E-state index in [1.54, 1.807) is 25.1 Å². The fourth-order valence-corrected chi connectivity index (χ4v) is 5.90. The van der Waals surface area contributed by atoms with Crippen molar-refractivity contribution in [3.63, 3.8) is 0 Å². The van der Waals surface area contributed by atoms with Gasteiger partial charge in [0.05, 0.1) is 16.2 Å². The topological polar surface area (TPSA) is 54.5 Å². The van der Waals surface area contributed by atoms with E-state index in [0.717, 1.165) is 14.0 Å². The Balaban J connectivity index is 1.40. The predicted octanol–water partition coefficient (Wildman–Crippen LogP) is 3.52. The average Bonchev–Trinajstić information content (AvgIpc) is 3.14. The van der Waals surface area contributed by atoms with E-state index in [1.165, 1.54) is 37.3 Å².